The normalized spacial score (nSPS) is 10.2. The van der Waals surface area contributed by atoms with E-state index in [0.29, 0.717) is 6.54 Å². The molecule has 0 amide bonds. The SMILES string of the molecule is Cc1cscc1CNc1ccc([N+](=O)[O-])cc1[N+](=O)[O-]. The minimum absolute atomic E-state index is 0.270. The van der Waals surface area contributed by atoms with E-state index in [2.05, 4.69) is 5.32 Å². The number of hydrogen-bond donors (Lipinski definition) is 1. The summed E-state index contributed by atoms with van der Waals surface area (Å²) in [7, 11) is 0. The van der Waals surface area contributed by atoms with Crippen LogP contribution >= 0.6 is 11.3 Å². The molecule has 2 aromatic rings. The molecule has 7 nitrogen and oxygen atoms in total. The number of nitro benzene ring substituents is 2. The number of thiophene rings is 1. The van der Waals surface area contributed by atoms with Crippen molar-refractivity contribution in [3.05, 3.63) is 60.3 Å². The summed E-state index contributed by atoms with van der Waals surface area (Å²) in [6.07, 6.45) is 0. The highest BCUT2D eigenvalue weighted by molar-refractivity contribution is 7.08. The van der Waals surface area contributed by atoms with Gasteiger partial charge in [0.1, 0.15) is 5.69 Å². The van der Waals surface area contributed by atoms with Crippen molar-refractivity contribution in [3.63, 3.8) is 0 Å². The summed E-state index contributed by atoms with van der Waals surface area (Å²) >= 11 is 1.56. The minimum Gasteiger partial charge on any atom is -0.375 e. The second kappa shape index (κ2) is 5.66. The summed E-state index contributed by atoms with van der Waals surface area (Å²) in [5.41, 5.74) is 1.82. The first kappa shape index (κ1) is 13.9. The number of nitrogens with one attached hydrogen (secondary N) is 1. The van der Waals surface area contributed by atoms with Crippen LogP contribution in [-0.2, 0) is 6.54 Å². The zero-order chi connectivity index (χ0) is 14.7. The average Bonchev–Trinajstić information content (AvgIpc) is 2.81. The van der Waals surface area contributed by atoms with E-state index in [-0.39, 0.29) is 17.1 Å². The molecular formula is C12H11N3O4S. The fourth-order valence-electron chi connectivity index (χ4n) is 1.69. The average molecular weight is 293 g/mol. The van der Waals surface area contributed by atoms with Crippen LogP contribution in [0.4, 0.5) is 17.1 Å². The molecule has 0 atom stereocenters. The van der Waals surface area contributed by atoms with Gasteiger partial charge < -0.3 is 5.32 Å². The Hall–Kier alpha value is -2.48. The molecule has 0 aliphatic heterocycles. The molecule has 1 N–H and O–H groups in total. The van der Waals surface area contributed by atoms with Crippen LogP contribution < -0.4 is 5.32 Å². The topological polar surface area (TPSA) is 98.3 Å². The fraction of sp³-hybridized carbons (Fsp3) is 0.167. The summed E-state index contributed by atoms with van der Waals surface area (Å²) in [5.74, 6) is 0. The third-order valence-electron chi connectivity index (χ3n) is 2.82. The van der Waals surface area contributed by atoms with Gasteiger partial charge in [0.05, 0.1) is 15.9 Å². The second-order valence-electron chi connectivity index (χ2n) is 4.15. The van der Waals surface area contributed by atoms with E-state index >= 15 is 0 Å². The van der Waals surface area contributed by atoms with E-state index in [1.807, 2.05) is 17.7 Å². The molecule has 0 aliphatic rings. The number of rotatable bonds is 5. The molecule has 104 valence electrons. The van der Waals surface area contributed by atoms with Gasteiger partial charge in [-0.1, -0.05) is 0 Å². The van der Waals surface area contributed by atoms with E-state index < -0.39 is 9.85 Å². The molecule has 2 rings (SSSR count). The first-order chi connectivity index (χ1) is 9.49. The zero-order valence-corrected chi connectivity index (χ0v) is 11.3. The predicted octanol–water partition coefficient (Wildman–Crippen LogP) is 3.49. The lowest BCUT2D eigenvalue weighted by Gasteiger charge is -2.06. The quantitative estimate of drug-likeness (QED) is 0.672. The molecular weight excluding hydrogens is 282 g/mol. The Morgan fingerprint density at radius 3 is 2.50 bits per heavy atom. The summed E-state index contributed by atoms with van der Waals surface area (Å²) in [6.45, 7) is 2.39. The number of anilines is 1. The van der Waals surface area contributed by atoms with Crippen molar-refractivity contribution in [2.24, 2.45) is 0 Å². The van der Waals surface area contributed by atoms with E-state index in [0.717, 1.165) is 17.2 Å². The molecule has 8 heteroatoms. The van der Waals surface area contributed by atoms with Crippen LogP contribution in [0.2, 0.25) is 0 Å². The lowest BCUT2D eigenvalue weighted by molar-refractivity contribution is -0.393. The van der Waals surface area contributed by atoms with Crippen molar-refractivity contribution in [1.29, 1.82) is 0 Å². The highest BCUT2D eigenvalue weighted by atomic mass is 32.1. The monoisotopic (exact) mass is 293 g/mol. The van der Waals surface area contributed by atoms with Crippen molar-refractivity contribution >= 4 is 28.4 Å². The molecule has 0 saturated carbocycles. The van der Waals surface area contributed by atoms with Crippen molar-refractivity contribution in [2.75, 3.05) is 5.32 Å². The first-order valence-electron chi connectivity index (χ1n) is 5.67. The molecule has 0 spiro atoms. The molecule has 0 radical (unpaired) electrons. The molecule has 0 fully saturated rings. The molecule has 0 aliphatic carbocycles. The third-order valence-corrected chi connectivity index (χ3v) is 3.73. The van der Waals surface area contributed by atoms with Crippen molar-refractivity contribution in [3.8, 4) is 0 Å². The summed E-state index contributed by atoms with van der Waals surface area (Å²) in [6, 6.07) is 3.57. The maximum atomic E-state index is 11.0. The Balaban J connectivity index is 2.25. The van der Waals surface area contributed by atoms with Gasteiger partial charge in [-0.05, 0) is 34.9 Å². The van der Waals surface area contributed by atoms with Crippen LogP contribution in [0.1, 0.15) is 11.1 Å². The molecule has 1 heterocycles. The largest absolute Gasteiger partial charge is 0.375 e. The van der Waals surface area contributed by atoms with Gasteiger partial charge in [-0.15, -0.1) is 0 Å². The van der Waals surface area contributed by atoms with Crippen LogP contribution in [-0.4, -0.2) is 9.85 Å². The van der Waals surface area contributed by atoms with Gasteiger partial charge in [0, 0.05) is 12.6 Å². The van der Waals surface area contributed by atoms with Crippen LogP contribution in [0.5, 0.6) is 0 Å². The van der Waals surface area contributed by atoms with E-state index in [4.69, 9.17) is 0 Å². The number of nitrogens with zero attached hydrogens (tertiary/aromatic N) is 2. The number of non-ortho nitro benzene ring substituents is 1. The molecule has 1 aromatic heterocycles. The van der Waals surface area contributed by atoms with Crippen LogP contribution in [0, 0.1) is 27.2 Å². The number of nitro groups is 2. The lowest BCUT2D eigenvalue weighted by atomic mass is 10.2. The first-order valence-corrected chi connectivity index (χ1v) is 6.61. The summed E-state index contributed by atoms with van der Waals surface area (Å²) < 4.78 is 0. The summed E-state index contributed by atoms with van der Waals surface area (Å²) in [4.78, 5) is 20.3. The highest BCUT2D eigenvalue weighted by Gasteiger charge is 2.19. The van der Waals surface area contributed by atoms with Crippen LogP contribution in [0.3, 0.4) is 0 Å². The second-order valence-corrected chi connectivity index (χ2v) is 4.89. The molecule has 0 bridgehead atoms. The maximum Gasteiger partial charge on any atom is 0.299 e. The van der Waals surface area contributed by atoms with Gasteiger partial charge in [0.2, 0.25) is 0 Å². The molecule has 1 aromatic carbocycles. The van der Waals surface area contributed by atoms with Gasteiger partial charge >= 0.3 is 0 Å². The minimum atomic E-state index is -0.653. The summed E-state index contributed by atoms with van der Waals surface area (Å²) in [5, 5.41) is 28.5. The number of hydrogen-bond acceptors (Lipinski definition) is 6. The third kappa shape index (κ3) is 2.91. The van der Waals surface area contributed by atoms with Crippen molar-refractivity contribution in [1.82, 2.24) is 0 Å². The van der Waals surface area contributed by atoms with Gasteiger partial charge in [-0.3, -0.25) is 20.2 Å². The van der Waals surface area contributed by atoms with Gasteiger partial charge in [-0.25, -0.2) is 0 Å². The van der Waals surface area contributed by atoms with E-state index in [1.165, 1.54) is 12.1 Å². The highest BCUT2D eigenvalue weighted by Crippen LogP contribution is 2.29. The zero-order valence-electron chi connectivity index (χ0n) is 10.5. The molecule has 0 unspecified atom stereocenters. The standard InChI is InChI=1S/C12H11N3O4S/c1-8-6-20-7-9(8)5-13-11-3-2-10(14(16)17)4-12(11)15(18)19/h2-4,6-7,13H,5H2,1H3. The number of aryl methyl sites for hydroxylation is 1. The van der Waals surface area contributed by atoms with Gasteiger partial charge in [0.25, 0.3) is 11.4 Å². The maximum absolute atomic E-state index is 11.0. The fourth-order valence-corrected chi connectivity index (χ4v) is 2.55. The van der Waals surface area contributed by atoms with E-state index in [9.17, 15) is 20.2 Å². The van der Waals surface area contributed by atoms with Crippen molar-refractivity contribution in [2.45, 2.75) is 13.5 Å². The molecule has 0 saturated heterocycles. The van der Waals surface area contributed by atoms with Gasteiger partial charge in [0.15, 0.2) is 0 Å². The van der Waals surface area contributed by atoms with Gasteiger partial charge in [-0.2, -0.15) is 11.3 Å². The Bertz CT molecular complexity index is 668. The van der Waals surface area contributed by atoms with Crippen molar-refractivity contribution < 1.29 is 9.85 Å². The Kier molecular flexibility index (Phi) is 3.94. The smallest absolute Gasteiger partial charge is 0.299 e. The van der Waals surface area contributed by atoms with Crippen LogP contribution in [0.15, 0.2) is 29.0 Å². The Morgan fingerprint density at radius 2 is 1.95 bits per heavy atom. The predicted molar refractivity (Wildman–Crippen MR) is 76.1 cm³/mol. The Labute approximate surface area is 118 Å². The number of benzene rings is 1. The lowest BCUT2D eigenvalue weighted by Crippen LogP contribution is -2.03. The molecule has 20 heavy (non-hydrogen) atoms. The van der Waals surface area contributed by atoms with Crippen LogP contribution in [0.25, 0.3) is 0 Å². The van der Waals surface area contributed by atoms with E-state index in [1.54, 1.807) is 11.3 Å². The Morgan fingerprint density at radius 1 is 1.20 bits per heavy atom.